The fraction of sp³-hybridized carbons (Fsp3) is 0.588. The molecular formula is C17H20O4. The SMILES string of the molecule is O=C(O)C1(CC2CCOc3ccccc32)CC2CCC1O2. The predicted molar refractivity (Wildman–Crippen MR) is 76.5 cm³/mol. The van der Waals surface area contributed by atoms with Crippen molar-refractivity contribution in [1.29, 1.82) is 0 Å². The van der Waals surface area contributed by atoms with Crippen molar-refractivity contribution in [2.75, 3.05) is 6.61 Å². The number of carboxylic acids is 1. The van der Waals surface area contributed by atoms with Crippen LogP contribution < -0.4 is 4.74 Å². The number of carbonyl (C=O) groups is 1. The largest absolute Gasteiger partial charge is 0.493 e. The zero-order valence-electron chi connectivity index (χ0n) is 12.0. The van der Waals surface area contributed by atoms with Gasteiger partial charge in [-0.3, -0.25) is 4.79 Å². The van der Waals surface area contributed by atoms with E-state index in [1.165, 1.54) is 0 Å². The van der Waals surface area contributed by atoms with Gasteiger partial charge in [-0.2, -0.15) is 0 Å². The number of para-hydroxylation sites is 1. The molecule has 0 saturated carbocycles. The number of rotatable bonds is 3. The molecule has 1 aromatic carbocycles. The van der Waals surface area contributed by atoms with Crippen molar-refractivity contribution in [3.8, 4) is 5.75 Å². The Hall–Kier alpha value is -1.55. The van der Waals surface area contributed by atoms with Crippen LogP contribution in [0.15, 0.2) is 24.3 Å². The molecule has 2 bridgehead atoms. The van der Waals surface area contributed by atoms with Crippen molar-refractivity contribution in [3.63, 3.8) is 0 Å². The molecule has 1 N–H and O–H groups in total. The van der Waals surface area contributed by atoms with Gasteiger partial charge >= 0.3 is 5.97 Å². The summed E-state index contributed by atoms with van der Waals surface area (Å²) in [5, 5.41) is 9.85. The van der Waals surface area contributed by atoms with E-state index in [1.54, 1.807) is 0 Å². The highest BCUT2D eigenvalue weighted by atomic mass is 16.5. The minimum absolute atomic E-state index is 0.102. The summed E-state index contributed by atoms with van der Waals surface area (Å²) >= 11 is 0. The Morgan fingerprint density at radius 2 is 2.14 bits per heavy atom. The summed E-state index contributed by atoms with van der Waals surface area (Å²) in [7, 11) is 0. The maximum Gasteiger partial charge on any atom is 0.312 e. The van der Waals surface area contributed by atoms with E-state index in [0.717, 1.165) is 30.6 Å². The second-order valence-electron chi connectivity index (χ2n) is 6.57. The molecule has 3 aliphatic rings. The van der Waals surface area contributed by atoms with Gasteiger partial charge in [-0.1, -0.05) is 18.2 Å². The van der Waals surface area contributed by atoms with Crippen LogP contribution in [0.5, 0.6) is 5.75 Å². The van der Waals surface area contributed by atoms with Gasteiger partial charge in [-0.25, -0.2) is 0 Å². The lowest BCUT2D eigenvalue weighted by molar-refractivity contribution is -0.153. The van der Waals surface area contributed by atoms with E-state index >= 15 is 0 Å². The van der Waals surface area contributed by atoms with Gasteiger partial charge in [-0.05, 0) is 49.7 Å². The summed E-state index contributed by atoms with van der Waals surface area (Å²) in [6.45, 7) is 0.673. The average molecular weight is 288 g/mol. The highest BCUT2D eigenvalue weighted by Gasteiger charge is 2.58. The van der Waals surface area contributed by atoms with Crippen molar-refractivity contribution in [3.05, 3.63) is 29.8 Å². The van der Waals surface area contributed by atoms with Gasteiger partial charge in [-0.15, -0.1) is 0 Å². The molecule has 112 valence electrons. The molecule has 0 aromatic heterocycles. The molecule has 3 aliphatic heterocycles. The lowest BCUT2D eigenvalue weighted by atomic mass is 9.67. The summed E-state index contributed by atoms with van der Waals surface area (Å²) in [6, 6.07) is 8.02. The van der Waals surface area contributed by atoms with Crippen molar-refractivity contribution in [2.45, 2.75) is 50.2 Å². The molecule has 4 unspecified atom stereocenters. The van der Waals surface area contributed by atoms with Crippen LogP contribution in [0, 0.1) is 5.41 Å². The monoisotopic (exact) mass is 288 g/mol. The van der Waals surface area contributed by atoms with Crippen LogP contribution >= 0.6 is 0 Å². The number of hydrogen-bond acceptors (Lipinski definition) is 3. The summed E-state index contributed by atoms with van der Waals surface area (Å²) in [4.78, 5) is 12.0. The summed E-state index contributed by atoms with van der Waals surface area (Å²) in [5.41, 5.74) is 0.463. The molecule has 0 aliphatic carbocycles. The smallest absolute Gasteiger partial charge is 0.312 e. The van der Waals surface area contributed by atoms with E-state index in [-0.39, 0.29) is 18.1 Å². The first-order valence-electron chi connectivity index (χ1n) is 7.79. The second-order valence-corrected chi connectivity index (χ2v) is 6.57. The van der Waals surface area contributed by atoms with E-state index in [4.69, 9.17) is 9.47 Å². The van der Waals surface area contributed by atoms with Crippen molar-refractivity contribution in [1.82, 2.24) is 0 Å². The van der Waals surface area contributed by atoms with Gasteiger partial charge in [0.2, 0.25) is 0 Å². The number of benzene rings is 1. The fourth-order valence-electron chi connectivity index (χ4n) is 4.39. The summed E-state index contributed by atoms with van der Waals surface area (Å²) < 4.78 is 11.6. The van der Waals surface area contributed by atoms with Gasteiger partial charge < -0.3 is 14.6 Å². The van der Waals surface area contributed by atoms with Crippen LogP contribution in [-0.4, -0.2) is 29.9 Å². The lowest BCUT2D eigenvalue weighted by Gasteiger charge is -2.36. The van der Waals surface area contributed by atoms with Gasteiger partial charge in [0.15, 0.2) is 0 Å². The molecule has 21 heavy (non-hydrogen) atoms. The summed E-state index contributed by atoms with van der Waals surface area (Å²) in [6.07, 6.45) is 4.20. The van der Waals surface area contributed by atoms with Crippen LogP contribution in [0.1, 0.15) is 43.6 Å². The molecule has 0 spiro atoms. The van der Waals surface area contributed by atoms with Crippen LogP contribution in [0.3, 0.4) is 0 Å². The van der Waals surface area contributed by atoms with Crippen molar-refractivity contribution in [2.24, 2.45) is 5.41 Å². The van der Waals surface area contributed by atoms with Gasteiger partial charge in [0.1, 0.15) is 5.75 Å². The number of hydrogen-bond donors (Lipinski definition) is 1. The quantitative estimate of drug-likeness (QED) is 0.929. The lowest BCUT2D eigenvalue weighted by Crippen LogP contribution is -2.42. The Morgan fingerprint density at radius 3 is 2.86 bits per heavy atom. The first-order valence-corrected chi connectivity index (χ1v) is 7.79. The molecule has 4 atom stereocenters. The molecule has 4 nitrogen and oxygen atoms in total. The van der Waals surface area contributed by atoms with E-state index in [9.17, 15) is 9.90 Å². The van der Waals surface area contributed by atoms with E-state index in [2.05, 4.69) is 6.07 Å². The van der Waals surface area contributed by atoms with Crippen molar-refractivity contribution >= 4 is 5.97 Å². The Labute approximate surface area is 124 Å². The minimum atomic E-state index is -0.696. The highest BCUT2D eigenvalue weighted by molar-refractivity contribution is 5.76. The molecule has 0 amide bonds. The summed E-state index contributed by atoms with van der Waals surface area (Å²) in [5.74, 6) is 0.492. The molecule has 1 aromatic rings. The van der Waals surface area contributed by atoms with Gasteiger partial charge in [0.25, 0.3) is 0 Å². The Balaban J connectivity index is 1.65. The first kappa shape index (κ1) is 13.1. The van der Waals surface area contributed by atoms with Crippen LogP contribution in [-0.2, 0) is 9.53 Å². The Morgan fingerprint density at radius 1 is 1.29 bits per heavy atom. The zero-order chi connectivity index (χ0) is 14.4. The van der Waals surface area contributed by atoms with Gasteiger partial charge in [0, 0.05) is 0 Å². The number of carboxylic acid groups (broad SMARTS) is 1. The Kier molecular flexibility index (Phi) is 2.96. The van der Waals surface area contributed by atoms with Gasteiger partial charge in [0.05, 0.1) is 24.2 Å². The van der Waals surface area contributed by atoms with E-state index in [1.807, 2.05) is 18.2 Å². The molecule has 4 heteroatoms. The number of aliphatic carboxylic acids is 1. The average Bonchev–Trinajstić information content (AvgIpc) is 3.09. The molecule has 2 saturated heterocycles. The minimum Gasteiger partial charge on any atom is -0.493 e. The van der Waals surface area contributed by atoms with Crippen molar-refractivity contribution < 1.29 is 19.4 Å². The van der Waals surface area contributed by atoms with Crippen LogP contribution in [0.2, 0.25) is 0 Å². The first-order chi connectivity index (χ1) is 10.2. The molecule has 2 fully saturated rings. The maximum atomic E-state index is 12.0. The molecular weight excluding hydrogens is 268 g/mol. The third-order valence-electron chi connectivity index (χ3n) is 5.44. The maximum absolute atomic E-state index is 12.0. The predicted octanol–water partition coefficient (Wildman–Crippen LogP) is 2.97. The number of ether oxygens (including phenoxy) is 2. The van der Waals surface area contributed by atoms with Crippen LogP contribution in [0.25, 0.3) is 0 Å². The molecule has 4 rings (SSSR count). The topological polar surface area (TPSA) is 55.8 Å². The third-order valence-corrected chi connectivity index (χ3v) is 5.44. The molecule has 3 heterocycles. The fourth-order valence-corrected chi connectivity index (χ4v) is 4.39. The van der Waals surface area contributed by atoms with Crippen LogP contribution in [0.4, 0.5) is 0 Å². The van der Waals surface area contributed by atoms with E-state index < -0.39 is 11.4 Å². The normalized spacial score (nSPS) is 37.0. The zero-order valence-corrected chi connectivity index (χ0v) is 12.0. The standard InChI is InChI=1S/C17H20O4/c18-16(19)17(10-12-5-6-15(17)21-12)9-11-7-8-20-14-4-2-1-3-13(11)14/h1-4,11-12,15H,5-10H2,(H,18,19). The highest BCUT2D eigenvalue weighted by Crippen LogP contribution is 2.54. The number of fused-ring (bicyclic) bond motifs is 3. The van der Waals surface area contributed by atoms with E-state index in [0.29, 0.717) is 19.4 Å². The molecule has 0 radical (unpaired) electrons. The Bertz CT molecular complexity index is 570. The second kappa shape index (κ2) is 4.73. The third kappa shape index (κ3) is 1.96.